The van der Waals surface area contributed by atoms with Gasteiger partial charge in [-0.15, -0.1) is 11.3 Å². The average Bonchev–Trinajstić information content (AvgIpc) is 3.61. The smallest absolute Gasteiger partial charge is 0.116 e. The van der Waals surface area contributed by atoms with E-state index in [9.17, 15) is 0 Å². The Kier molecular flexibility index (Phi) is 4.93. The van der Waals surface area contributed by atoms with Gasteiger partial charge in [0.05, 0.1) is 34.8 Å². The van der Waals surface area contributed by atoms with Crippen LogP contribution in [0, 0.1) is 0 Å². The van der Waals surface area contributed by atoms with E-state index in [0.29, 0.717) is 0 Å². The lowest BCUT2D eigenvalue weighted by Crippen LogP contribution is -2.11. The highest BCUT2D eigenvalue weighted by Crippen LogP contribution is 2.35. The van der Waals surface area contributed by atoms with Crippen LogP contribution in [-0.4, -0.2) is 36.7 Å². The van der Waals surface area contributed by atoms with E-state index in [1.165, 1.54) is 4.88 Å². The van der Waals surface area contributed by atoms with E-state index in [1.54, 1.807) is 11.3 Å². The van der Waals surface area contributed by atoms with Gasteiger partial charge in [-0.2, -0.15) is 5.10 Å². The molecule has 0 radical (unpaired) electrons. The van der Waals surface area contributed by atoms with Gasteiger partial charge in [0.25, 0.3) is 0 Å². The minimum atomic E-state index is 0.784. The third-order valence-corrected chi connectivity index (χ3v) is 6.61. The molecule has 33 heavy (non-hydrogen) atoms. The number of H-pyrrole nitrogens is 2. The highest BCUT2D eigenvalue weighted by molar-refractivity contribution is 7.13. The van der Waals surface area contributed by atoms with Gasteiger partial charge in [0, 0.05) is 51.9 Å². The van der Waals surface area contributed by atoms with Crippen molar-refractivity contribution in [2.75, 3.05) is 6.54 Å². The number of hydrogen-bond acceptors (Lipinski definition) is 6. The molecule has 3 N–H and O–H groups in total. The third kappa shape index (κ3) is 3.59. The Morgan fingerprint density at radius 1 is 0.970 bits per heavy atom. The summed E-state index contributed by atoms with van der Waals surface area (Å²) in [5, 5.41) is 15.3. The van der Waals surface area contributed by atoms with E-state index < -0.39 is 0 Å². The van der Waals surface area contributed by atoms with E-state index in [4.69, 9.17) is 0 Å². The summed E-state index contributed by atoms with van der Waals surface area (Å²) in [6.07, 6.45) is 9.35. The molecule has 6 rings (SSSR count). The van der Waals surface area contributed by atoms with E-state index in [2.05, 4.69) is 78.1 Å². The summed E-state index contributed by atoms with van der Waals surface area (Å²) in [5.41, 5.74) is 7.79. The molecular formula is C25H21N7S. The molecule has 7 nitrogen and oxygen atoms in total. The van der Waals surface area contributed by atoms with Gasteiger partial charge in [-0.1, -0.05) is 13.0 Å². The molecule has 0 saturated carbocycles. The van der Waals surface area contributed by atoms with Crippen LogP contribution in [0.4, 0.5) is 0 Å². The molecule has 0 aliphatic carbocycles. The van der Waals surface area contributed by atoms with Crippen molar-refractivity contribution in [2.24, 2.45) is 0 Å². The summed E-state index contributed by atoms with van der Waals surface area (Å²) in [6.45, 7) is 3.80. The quantitative estimate of drug-likeness (QED) is 0.315. The summed E-state index contributed by atoms with van der Waals surface area (Å²) in [5.74, 6) is 0. The molecule has 0 unspecified atom stereocenters. The SMILES string of the molecule is CCNCc1cncc(-c2cc3c(-c4cc5c(-c6cccs6)cncc5[nH]4)n[nH]c3cn2)c1. The van der Waals surface area contributed by atoms with Gasteiger partial charge >= 0.3 is 0 Å². The number of fused-ring (bicyclic) bond motifs is 2. The highest BCUT2D eigenvalue weighted by atomic mass is 32.1. The van der Waals surface area contributed by atoms with Crippen molar-refractivity contribution in [1.29, 1.82) is 0 Å². The Bertz CT molecular complexity index is 1560. The van der Waals surface area contributed by atoms with E-state index in [0.717, 1.165) is 68.7 Å². The number of aromatic amines is 2. The molecule has 0 spiro atoms. The zero-order chi connectivity index (χ0) is 22.2. The van der Waals surface area contributed by atoms with Crippen LogP contribution < -0.4 is 5.32 Å². The maximum absolute atomic E-state index is 4.65. The predicted octanol–water partition coefficient (Wildman–Crippen LogP) is 5.40. The summed E-state index contributed by atoms with van der Waals surface area (Å²) in [7, 11) is 0. The standard InChI is InChI=1S/C25H21N7S/c1-2-26-9-15-6-16(11-27-10-15)20-8-18-23(14-29-20)31-32-25(18)21-7-17-19(24-4-3-5-33-24)12-28-13-22(17)30-21/h3-8,10-14,26,30H,2,9H2,1H3,(H,31,32). The van der Waals surface area contributed by atoms with Crippen LogP contribution in [0.2, 0.25) is 0 Å². The maximum atomic E-state index is 4.65. The summed E-state index contributed by atoms with van der Waals surface area (Å²) >= 11 is 1.71. The van der Waals surface area contributed by atoms with Crippen molar-refractivity contribution in [1.82, 2.24) is 35.5 Å². The molecule has 0 aliphatic rings. The Morgan fingerprint density at radius 2 is 1.91 bits per heavy atom. The van der Waals surface area contributed by atoms with Gasteiger partial charge in [-0.3, -0.25) is 20.1 Å². The Balaban J connectivity index is 1.44. The van der Waals surface area contributed by atoms with Crippen molar-refractivity contribution in [3.63, 3.8) is 0 Å². The molecule has 8 heteroatoms. The van der Waals surface area contributed by atoms with E-state index in [-0.39, 0.29) is 0 Å². The first-order valence-electron chi connectivity index (χ1n) is 10.8. The van der Waals surface area contributed by atoms with Crippen molar-refractivity contribution in [2.45, 2.75) is 13.5 Å². The average molecular weight is 452 g/mol. The van der Waals surface area contributed by atoms with Crippen molar-refractivity contribution in [3.05, 3.63) is 72.3 Å². The molecule has 6 aromatic rings. The number of pyridine rings is 3. The highest BCUT2D eigenvalue weighted by Gasteiger charge is 2.15. The van der Waals surface area contributed by atoms with Crippen LogP contribution >= 0.6 is 11.3 Å². The summed E-state index contributed by atoms with van der Waals surface area (Å²) < 4.78 is 0. The lowest BCUT2D eigenvalue weighted by atomic mass is 10.1. The second-order valence-corrected chi connectivity index (χ2v) is 8.81. The van der Waals surface area contributed by atoms with Gasteiger partial charge < -0.3 is 10.3 Å². The molecule has 0 amide bonds. The largest absolute Gasteiger partial charge is 0.352 e. The molecular weight excluding hydrogens is 430 g/mol. The predicted molar refractivity (Wildman–Crippen MR) is 133 cm³/mol. The fourth-order valence-corrected chi connectivity index (χ4v) is 4.83. The number of rotatable bonds is 6. The van der Waals surface area contributed by atoms with Gasteiger partial charge in [0.15, 0.2) is 0 Å². The fraction of sp³-hybridized carbons (Fsp3) is 0.120. The molecule has 0 atom stereocenters. The first-order valence-corrected chi connectivity index (χ1v) is 11.7. The van der Waals surface area contributed by atoms with Gasteiger partial charge in [0.1, 0.15) is 5.69 Å². The number of nitrogens with zero attached hydrogens (tertiary/aromatic N) is 4. The molecule has 162 valence electrons. The van der Waals surface area contributed by atoms with Gasteiger partial charge in [-0.05, 0) is 41.8 Å². The summed E-state index contributed by atoms with van der Waals surface area (Å²) in [6, 6.07) is 10.5. The van der Waals surface area contributed by atoms with Gasteiger partial charge in [-0.25, -0.2) is 0 Å². The normalized spacial score (nSPS) is 11.5. The Hall–Kier alpha value is -3.88. The van der Waals surface area contributed by atoms with Crippen LogP contribution in [0.3, 0.4) is 0 Å². The number of hydrogen-bond donors (Lipinski definition) is 3. The molecule has 0 saturated heterocycles. The number of aromatic nitrogens is 6. The van der Waals surface area contributed by atoms with Crippen molar-refractivity contribution >= 4 is 33.1 Å². The lowest BCUT2D eigenvalue weighted by molar-refractivity contribution is 0.724. The monoisotopic (exact) mass is 451 g/mol. The van der Waals surface area contributed by atoms with Crippen molar-refractivity contribution < 1.29 is 0 Å². The van der Waals surface area contributed by atoms with Crippen LogP contribution in [0.15, 0.2) is 66.7 Å². The first kappa shape index (κ1) is 19.8. The van der Waals surface area contributed by atoms with Crippen LogP contribution in [-0.2, 0) is 6.54 Å². The first-order chi connectivity index (χ1) is 16.3. The fourth-order valence-electron chi connectivity index (χ4n) is 4.08. The number of nitrogens with one attached hydrogen (secondary N) is 3. The molecule has 0 aliphatic heterocycles. The van der Waals surface area contributed by atoms with Crippen LogP contribution in [0.5, 0.6) is 0 Å². The molecule has 0 fully saturated rings. The van der Waals surface area contributed by atoms with Crippen LogP contribution in [0.25, 0.3) is 54.9 Å². The second kappa shape index (κ2) is 8.23. The topological polar surface area (TPSA) is 95.2 Å². The maximum Gasteiger partial charge on any atom is 0.116 e. The minimum absolute atomic E-state index is 0.784. The summed E-state index contributed by atoms with van der Waals surface area (Å²) in [4.78, 5) is 18.2. The van der Waals surface area contributed by atoms with Crippen LogP contribution in [0.1, 0.15) is 12.5 Å². The minimum Gasteiger partial charge on any atom is -0.352 e. The second-order valence-electron chi connectivity index (χ2n) is 7.86. The molecule has 0 aromatic carbocycles. The zero-order valence-electron chi connectivity index (χ0n) is 18.0. The zero-order valence-corrected chi connectivity index (χ0v) is 18.8. The molecule has 0 bridgehead atoms. The Morgan fingerprint density at radius 3 is 2.79 bits per heavy atom. The van der Waals surface area contributed by atoms with Crippen molar-refractivity contribution in [3.8, 4) is 33.1 Å². The lowest BCUT2D eigenvalue weighted by Gasteiger charge is -2.05. The van der Waals surface area contributed by atoms with Gasteiger partial charge in [0.2, 0.25) is 0 Å². The van der Waals surface area contributed by atoms with E-state index in [1.807, 2.05) is 31.0 Å². The number of thiophene rings is 1. The molecule has 6 heterocycles. The molecule has 6 aromatic heterocycles. The van der Waals surface area contributed by atoms with E-state index >= 15 is 0 Å². The third-order valence-electron chi connectivity index (χ3n) is 5.70. The Labute approximate surface area is 194 Å².